The second-order valence-electron chi connectivity index (χ2n) is 4.74. The van der Waals surface area contributed by atoms with Gasteiger partial charge in [-0.2, -0.15) is 0 Å². The lowest BCUT2D eigenvalue weighted by Gasteiger charge is -2.09. The largest absolute Gasteiger partial charge is 0.383 e. The molecule has 0 fully saturated rings. The van der Waals surface area contributed by atoms with Gasteiger partial charge in [0.2, 0.25) is 5.91 Å². The third kappa shape index (κ3) is 3.69. The Balaban J connectivity index is 1.69. The molecule has 0 bridgehead atoms. The van der Waals surface area contributed by atoms with Gasteiger partial charge in [0, 0.05) is 6.07 Å². The lowest BCUT2D eigenvalue weighted by atomic mass is 10.3. The van der Waals surface area contributed by atoms with Gasteiger partial charge in [-0.15, -0.1) is 0 Å². The number of fused-ring (bicyclic) bond motifs is 1. The van der Waals surface area contributed by atoms with Crippen LogP contribution in [0, 0.1) is 0 Å². The van der Waals surface area contributed by atoms with E-state index in [1.165, 1.54) is 29.2 Å². The van der Waals surface area contributed by atoms with Crippen molar-refractivity contribution in [1.82, 2.24) is 15.0 Å². The number of anilines is 3. The summed E-state index contributed by atoms with van der Waals surface area (Å²) in [5.41, 5.74) is 12.1. The van der Waals surface area contributed by atoms with Gasteiger partial charge in [-0.05, 0) is 19.1 Å². The smallest absolute Gasteiger partial charge is 0.239 e. The van der Waals surface area contributed by atoms with Gasteiger partial charge in [0.05, 0.1) is 15.5 Å². The normalized spacial score (nSPS) is 12.2. The molecule has 7 nitrogen and oxygen atoms in total. The Labute approximate surface area is 140 Å². The van der Waals surface area contributed by atoms with Crippen molar-refractivity contribution < 1.29 is 4.79 Å². The highest BCUT2D eigenvalue weighted by atomic mass is 32.2. The summed E-state index contributed by atoms with van der Waals surface area (Å²) in [4.78, 5) is 24.8. The third-order valence-electron chi connectivity index (χ3n) is 2.92. The molecule has 2 aromatic heterocycles. The van der Waals surface area contributed by atoms with Crippen LogP contribution in [0.1, 0.15) is 6.92 Å². The standard InChI is InChI=1S/C14H14N6OS2/c1-7(22-14-18-10(15)6-11(16)19-14)12(21)20-13-17-8-4-2-3-5-9(8)23-13/h2-7H,1H3,(H,17,20,21)(H4,15,16,18,19). The second kappa shape index (κ2) is 6.39. The monoisotopic (exact) mass is 346 g/mol. The molecule has 0 aliphatic rings. The van der Waals surface area contributed by atoms with E-state index >= 15 is 0 Å². The van der Waals surface area contributed by atoms with Crippen LogP contribution >= 0.6 is 23.1 Å². The van der Waals surface area contributed by atoms with E-state index in [1.807, 2.05) is 24.3 Å². The van der Waals surface area contributed by atoms with E-state index in [-0.39, 0.29) is 17.5 Å². The molecule has 0 saturated heterocycles. The summed E-state index contributed by atoms with van der Waals surface area (Å²) in [5.74, 6) is 0.371. The van der Waals surface area contributed by atoms with Crippen molar-refractivity contribution in [2.75, 3.05) is 16.8 Å². The maximum absolute atomic E-state index is 12.3. The van der Waals surface area contributed by atoms with Crippen molar-refractivity contribution in [1.29, 1.82) is 0 Å². The zero-order chi connectivity index (χ0) is 16.4. The Kier molecular flexibility index (Phi) is 4.30. The SMILES string of the molecule is CC(Sc1nc(N)cc(N)n1)C(=O)Nc1nc2ccccc2s1. The van der Waals surface area contributed by atoms with Crippen LogP contribution in [0.4, 0.5) is 16.8 Å². The van der Waals surface area contributed by atoms with Crippen LogP contribution in [-0.4, -0.2) is 26.1 Å². The average Bonchev–Trinajstić information content (AvgIpc) is 2.88. The lowest BCUT2D eigenvalue weighted by molar-refractivity contribution is -0.115. The number of rotatable bonds is 4. The van der Waals surface area contributed by atoms with E-state index in [4.69, 9.17) is 11.5 Å². The number of nitrogens with one attached hydrogen (secondary N) is 1. The highest BCUT2D eigenvalue weighted by Gasteiger charge is 2.18. The van der Waals surface area contributed by atoms with Crippen LogP contribution in [0.5, 0.6) is 0 Å². The number of carbonyl (C=O) groups is 1. The molecule has 0 radical (unpaired) electrons. The summed E-state index contributed by atoms with van der Waals surface area (Å²) >= 11 is 2.62. The van der Waals surface area contributed by atoms with E-state index in [1.54, 1.807) is 6.92 Å². The zero-order valence-corrected chi connectivity index (χ0v) is 13.8. The van der Waals surface area contributed by atoms with Crippen molar-refractivity contribution in [2.45, 2.75) is 17.3 Å². The maximum Gasteiger partial charge on any atom is 0.239 e. The fourth-order valence-electron chi connectivity index (χ4n) is 1.86. The minimum Gasteiger partial charge on any atom is -0.383 e. The molecule has 3 rings (SSSR count). The van der Waals surface area contributed by atoms with Gasteiger partial charge in [0.25, 0.3) is 0 Å². The van der Waals surface area contributed by atoms with Gasteiger partial charge in [0.1, 0.15) is 11.6 Å². The molecule has 0 spiro atoms. The number of aromatic nitrogens is 3. The van der Waals surface area contributed by atoms with Gasteiger partial charge < -0.3 is 16.8 Å². The van der Waals surface area contributed by atoms with Crippen molar-refractivity contribution >= 4 is 56.0 Å². The third-order valence-corrected chi connectivity index (χ3v) is 4.83. The van der Waals surface area contributed by atoms with Crippen molar-refractivity contribution in [3.8, 4) is 0 Å². The number of nitrogen functional groups attached to an aromatic ring is 2. The Morgan fingerprint density at radius 1 is 1.22 bits per heavy atom. The fraction of sp³-hybridized carbons (Fsp3) is 0.143. The topological polar surface area (TPSA) is 120 Å². The average molecular weight is 346 g/mol. The van der Waals surface area contributed by atoms with Crippen molar-refractivity contribution in [2.24, 2.45) is 0 Å². The molecule has 0 aliphatic heterocycles. The van der Waals surface area contributed by atoms with Crippen LogP contribution in [0.3, 0.4) is 0 Å². The lowest BCUT2D eigenvalue weighted by Crippen LogP contribution is -2.22. The summed E-state index contributed by atoms with van der Waals surface area (Å²) in [5, 5.41) is 3.33. The Bertz CT molecular complexity index is 812. The number of amides is 1. The predicted molar refractivity (Wildman–Crippen MR) is 94.4 cm³/mol. The summed E-state index contributed by atoms with van der Waals surface area (Å²) in [6.07, 6.45) is 0. The molecular formula is C14H14N6OS2. The highest BCUT2D eigenvalue weighted by molar-refractivity contribution is 8.00. The molecule has 118 valence electrons. The second-order valence-corrected chi connectivity index (χ2v) is 7.07. The van der Waals surface area contributed by atoms with E-state index in [0.717, 1.165) is 10.2 Å². The first-order valence-corrected chi connectivity index (χ1v) is 8.44. The number of thioether (sulfide) groups is 1. The van der Waals surface area contributed by atoms with Gasteiger partial charge in [0.15, 0.2) is 10.3 Å². The summed E-state index contributed by atoms with van der Waals surface area (Å²) in [6.45, 7) is 1.76. The summed E-state index contributed by atoms with van der Waals surface area (Å²) in [7, 11) is 0. The molecule has 2 heterocycles. The minimum atomic E-state index is -0.414. The van der Waals surface area contributed by atoms with Crippen molar-refractivity contribution in [3.63, 3.8) is 0 Å². The minimum absolute atomic E-state index is 0.182. The Hall–Kier alpha value is -2.39. The van der Waals surface area contributed by atoms with E-state index in [9.17, 15) is 4.79 Å². The first-order valence-electron chi connectivity index (χ1n) is 6.74. The number of nitrogens with two attached hydrogens (primary N) is 2. The molecule has 1 unspecified atom stereocenters. The number of para-hydroxylation sites is 1. The number of hydrogen-bond donors (Lipinski definition) is 3. The number of carbonyl (C=O) groups excluding carboxylic acids is 1. The number of nitrogens with zero attached hydrogens (tertiary/aromatic N) is 3. The summed E-state index contributed by atoms with van der Waals surface area (Å²) in [6, 6.07) is 9.18. The maximum atomic E-state index is 12.3. The van der Waals surface area contributed by atoms with Crippen LogP contribution in [0.15, 0.2) is 35.5 Å². The number of thiazole rings is 1. The van der Waals surface area contributed by atoms with E-state index < -0.39 is 5.25 Å². The first-order chi connectivity index (χ1) is 11.0. The van der Waals surface area contributed by atoms with Crippen LogP contribution < -0.4 is 16.8 Å². The molecule has 23 heavy (non-hydrogen) atoms. The van der Waals surface area contributed by atoms with E-state index in [0.29, 0.717) is 10.3 Å². The summed E-state index contributed by atoms with van der Waals surface area (Å²) < 4.78 is 1.02. The molecule has 1 amide bonds. The molecule has 0 saturated carbocycles. The number of benzene rings is 1. The van der Waals surface area contributed by atoms with Gasteiger partial charge >= 0.3 is 0 Å². The highest BCUT2D eigenvalue weighted by Crippen LogP contribution is 2.27. The molecule has 1 atom stereocenters. The first kappa shape index (κ1) is 15.5. The van der Waals surface area contributed by atoms with Gasteiger partial charge in [-0.3, -0.25) is 4.79 Å². The van der Waals surface area contributed by atoms with Crippen LogP contribution in [0.25, 0.3) is 10.2 Å². The molecular weight excluding hydrogens is 332 g/mol. The van der Waals surface area contributed by atoms with E-state index in [2.05, 4.69) is 20.3 Å². The van der Waals surface area contributed by atoms with Gasteiger partial charge in [-0.25, -0.2) is 15.0 Å². The van der Waals surface area contributed by atoms with Crippen LogP contribution in [-0.2, 0) is 4.79 Å². The Morgan fingerprint density at radius 2 is 1.91 bits per heavy atom. The zero-order valence-electron chi connectivity index (χ0n) is 12.2. The molecule has 9 heteroatoms. The van der Waals surface area contributed by atoms with Gasteiger partial charge in [-0.1, -0.05) is 35.2 Å². The Morgan fingerprint density at radius 3 is 2.61 bits per heavy atom. The van der Waals surface area contributed by atoms with Crippen molar-refractivity contribution in [3.05, 3.63) is 30.3 Å². The molecule has 5 N–H and O–H groups in total. The fourth-order valence-corrected chi connectivity index (χ4v) is 3.53. The predicted octanol–water partition coefficient (Wildman–Crippen LogP) is 2.37. The molecule has 1 aromatic carbocycles. The molecule has 0 aliphatic carbocycles. The molecule has 3 aromatic rings. The number of hydrogen-bond acceptors (Lipinski definition) is 8. The quantitative estimate of drug-likeness (QED) is 0.490. The van der Waals surface area contributed by atoms with Crippen LogP contribution in [0.2, 0.25) is 0 Å².